The van der Waals surface area contributed by atoms with Gasteiger partial charge in [-0.3, -0.25) is 4.79 Å². The van der Waals surface area contributed by atoms with Gasteiger partial charge in [0.05, 0.1) is 0 Å². The first kappa shape index (κ1) is 13.8. The van der Waals surface area contributed by atoms with Gasteiger partial charge in [0.25, 0.3) is 5.91 Å². The number of ether oxygens (including phenoxy) is 1. The molecule has 1 N–H and O–H groups in total. The minimum atomic E-state index is -0.525. The molecule has 0 heterocycles. The Morgan fingerprint density at radius 2 is 2.35 bits per heavy atom. The van der Waals surface area contributed by atoms with Crippen LogP contribution in [0, 0.1) is 6.92 Å². The Kier molecular flexibility index (Phi) is 5.22. The van der Waals surface area contributed by atoms with E-state index in [1.54, 1.807) is 13.0 Å². The molecule has 1 aromatic rings. The highest BCUT2D eigenvalue weighted by molar-refractivity contribution is 9.10. The Morgan fingerprint density at radius 1 is 1.65 bits per heavy atom. The average molecular weight is 298 g/mol. The van der Waals surface area contributed by atoms with Crippen molar-refractivity contribution < 1.29 is 9.53 Å². The third-order valence-corrected chi connectivity index (χ3v) is 2.74. The SMILES string of the molecule is C=CCNC(=O)C(C)Oc1cc(Br)ccc1C. The summed E-state index contributed by atoms with van der Waals surface area (Å²) in [5.74, 6) is 0.560. The molecule has 0 bridgehead atoms. The summed E-state index contributed by atoms with van der Waals surface area (Å²) in [6.45, 7) is 7.65. The van der Waals surface area contributed by atoms with Gasteiger partial charge in [-0.25, -0.2) is 0 Å². The Bertz CT molecular complexity index is 418. The molecular formula is C13H16BrNO2. The lowest BCUT2D eigenvalue weighted by Gasteiger charge is -2.16. The molecule has 1 atom stereocenters. The quantitative estimate of drug-likeness (QED) is 0.849. The molecule has 1 rings (SSSR count). The molecule has 0 radical (unpaired) electrons. The molecule has 3 nitrogen and oxygen atoms in total. The fraction of sp³-hybridized carbons (Fsp3) is 0.308. The van der Waals surface area contributed by atoms with Crippen molar-refractivity contribution >= 4 is 21.8 Å². The molecule has 0 saturated heterocycles. The van der Waals surface area contributed by atoms with E-state index in [2.05, 4.69) is 27.8 Å². The first-order valence-electron chi connectivity index (χ1n) is 5.36. The fourth-order valence-corrected chi connectivity index (χ4v) is 1.60. The zero-order valence-corrected chi connectivity index (χ0v) is 11.6. The second kappa shape index (κ2) is 6.45. The molecule has 0 aliphatic heterocycles. The smallest absolute Gasteiger partial charge is 0.261 e. The lowest BCUT2D eigenvalue weighted by Crippen LogP contribution is -2.36. The van der Waals surface area contributed by atoms with Crippen molar-refractivity contribution in [2.75, 3.05) is 6.54 Å². The van der Waals surface area contributed by atoms with Crippen molar-refractivity contribution in [2.24, 2.45) is 0 Å². The van der Waals surface area contributed by atoms with E-state index in [4.69, 9.17) is 4.74 Å². The summed E-state index contributed by atoms with van der Waals surface area (Å²) in [5.41, 5.74) is 0.997. The molecule has 0 aliphatic carbocycles. The summed E-state index contributed by atoms with van der Waals surface area (Å²) >= 11 is 3.37. The van der Waals surface area contributed by atoms with Crippen molar-refractivity contribution in [3.05, 3.63) is 40.9 Å². The summed E-state index contributed by atoms with van der Waals surface area (Å²) < 4.78 is 6.54. The van der Waals surface area contributed by atoms with Crippen LogP contribution in [0.1, 0.15) is 12.5 Å². The van der Waals surface area contributed by atoms with Gasteiger partial charge in [-0.2, -0.15) is 0 Å². The second-order valence-corrected chi connectivity index (χ2v) is 4.62. The van der Waals surface area contributed by atoms with E-state index < -0.39 is 6.10 Å². The number of rotatable bonds is 5. The standard InChI is InChI=1S/C13H16BrNO2/c1-4-7-15-13(16)10(3)17-12-8-11(14)6-5-9(12)2/h4-6,8,10H,1,7H2,2-3H3,(H,15,16). The van der Waals surface area contributed by atoms with Crippen LogP contribution in [-0.4, -0.2) is 18.6 Å². The molecule has 17 heavy (non-hydrogen) atoms. The molecule has 0 fully saturated rings. The minimum absolute atomic E-state index is 0.149. The Hall–Kier alpha value is -1.29. The highest BCUT2D eigenvalue weighted by Crippen LogP contribution is 2.23. The largest absolute Gasteiger partial charge is 0.481 e. The summed E-state index contributed by atoms with van der Waals surface area (Å²) in [4.78, 5) is 11.6. The molecule has 0 saturated carbocycles. The molecular weight excluding hydrogens is 282 g/mol. The molecule has 0 aliphatic rings. The van der Waals surface area contributed by atoms with Crippen molar-refractivity contribution in [3.8, 4) is 5.75 Å². The normalized spacial score (nSPS) is 11.7. The number of nitrogens with one attached hydrogen (secondary N) is 1. The van der Waals surface area contributed by atoms with Crippen LogP contribution in [0.25, 0.3) is 0 Å². The van der Waals surface area contributed by atoms with Crippen molar-refractivity contribution in [3.63, 3.8) is 0 Å². The molecule has 1 unspecified atom stereocenters. The van der Waals surface area contributed by atoms with Crippen molar-refractivity contribution in [1.82, 2.24) is 5.32 Å². The number of hydrogen-bond donors (Lipinski definition) is 1. The Balaban J connectivity index is 2.66. The van der Waals surface area contributed by atoms with Crippen LogP contribution in [0.5, 0.6) is 5.75 Å². The van der Waals surface area contributed by atoms with Crippen LogP contribution < -0.4 is 10.1 Å². The van der Waals surface area contributed by atoms with Gasteiger partial charge in [0.1, 0.15) is 5.75 Å². The maximum absolute atomic E-state index is 11.6. The van der Waals surface area contributed by atoms with Crippen LogP contribution in [0.15, 0.2) is 35.3 Å². The van der Waals surface area contributed by atoms with E-state index in [1.807, 2.05) is 25.1 Å². The molecule has 1 amide bonds. The van der Waals surface area contributed by atoms with Crippen LogP contribution in [0.4, 0.5) is 0 Å². The Morgan fingerprint density at radius 3 is 3.00 bits per heavy atom. The van der Waals surface area contributed by atoms with Crippen LogP contribution in [-0.2, 0) is 4.79 Å². The average Bonchev–Trinajstić information content (AvgIpc) is 2.30. The van der Waals surface area contributed by atoms with Gasteiger partial charge in [-0.1, -0.05) is 28.1 Å². The molecule has 1 aromatic carbocycles. The Labute approximate surface area is 110 Å². The highest BCUT2D eigenvalue weighted by atomic mass is 79.9. The van der Waals surface area contributed by atoms with Crippen LogP contribution in [0.2, 0.25) is 0 Å². The maximum Gasteiger partial charge on any atom is 0.261 e. The van der Waals surface area contributed by atoms with Crippen LogP contribution in [0.3, 0.4) is 0 Å². The van der Waals surface area contributed by atoms with E-state index in [1.165, 1.54) is 0 Å². The van der Waals surface area contributed by atoms with Gasteiger partial charge in [0, 0.05) is 11.0 Å². The topological polar surface area (TPSA) is 38.3 Å². The number of benzene rings is 1. The van der Waals surface area contributed by atoms with E-state index >= 15 is 0 Å². The van der Waals surface area contributed by atoms with E-state index in [-0.39, 0.29) is 5.91 Å². The number of carbonyl (C=O) groups excluding carboxylic acids is 1. The molecule has 0 aromatic heterocycles. The monoisotopic (exact) mass is 297 g/mol. The van der Waals surface area contributed by atoms with Gasteiger partial charge in [-0.05, 0) is 31.5 Å². The summed E-state index contributed by atoms with van der Waals surface area (Å²) in [6.07, 6.45) is 1.11. The van der Waals surface area contributed by atoms with E-state index in [0.29, 0.717) is 12.3 Å². The number of amides is 1. The van der Waals surface area contributed by atoms with Gasteiger partial charge in [0.2, 0.25) is 0 Å². The highest BCUT2D eigenvalue weighted by Gasteiger charge is 2.14. The predicted octanol–water partition coefficient (Wildman–Crippen LogP) is 2.83. The summed E-state index contributed by atoms with van der Waals surface area (Å²) in [6, 6.07) is 5.73. The number of aryl methyl sites for hydroxylation is 1. The summed E-state index contributed by atoms with van der Waals surface area (Å²) in [5, 5.41) is 2.69. The molecule has 92 valence electrons. The van der Waals surface area contributed by atoms with Crippen molar-refractivity contribution in [1.29, 1.82) is 0 Å². The lowest BCUT2D eigenvalue weighted by molar-refractivity contribution is -0.127. The maximum atomic E-state index is 11.6. The van der Waals surface area contributed by atoms with E-state index in [0.717, 1.165) is 10.0 Å². The zero-order chi connectivity index (χ0) is 12.8. The van der Waals surface area contributed by atoms with Crippen molar-refractivity contribution in [2.45, 2.75) is 20.0 Å². The van der Waals surface area contributed by atoms with E-state index in [9.17, 15) is 4.79 Å². The fourth-order valence-electron chi connectivity index (χ4n) is 1.26. The van der Waals surface area contributed by atoms with Gasteiger partial charge >= 0.3 is 0 Å². The third-order valence-electron chi connectivity index (χ3n) is 2.24. The molecule has 4 heteroatoms. The zero-order valence-electron chi connectivity index (χ0n) is 10.00. The predicted molar refractivity (Wildman–Crippen MR) is 72.2 cm³/mol. The third kappa shape index (κ3) is 4.23. The van der Waals surface area contributed by atoms with Gasteiger partial charge in [0.15, 0.2) is 6.10 Å². The molecule has 0 spiro atoms. The van der Waals surface area contributed by atoms with Gasteiger partial charge in [-0.15, -0.1) is 6.58 Å². The first-order chi connectivity index (χ1) is 8.04. The van der Waals surface area contributed by atoms with Gasteiger partial charge < -0.3 is 10.1 Å². The number of carbonyl (C=O) groups is 1. The number of hydrogen-bond acceptors (Lipinski definition) is 2. The minimum Gasteiger partial charge on any atom is -0.481 e. The first-order valence-corrected chi connectivity index (χ1v) is 6.15. The summed E-state index contributed by atoms with van der Waals surface area (Å²) in [7, 11) is 0. The lowest BCUT2D eigenvalue weighted by atomic mass is 10.2. The number of halogens is 1. The van der Waals surface area contributed by atoms with Crippen LogP contribution >= 0.6 is 15.9 Å². The second-order valence-electron chi connectivity index (χ2n) is 3.70.